The zero-order chi connectivity index (χ0) is 13.7. The molecule has 2 nitrogen and oxygen atoms in total. The standard InChI is InChI=1S/C16H24ClNO/c1-16(2)9-8-15(19-16)13-18(11-10-17)12-14-6-4-3-5-7-14/h3-7,15H,8-13H2,1-2H3. The molecule has 0 radical (unpaired) electrons. The first kappa shape index (κ1) is 14.8. The summed E-state index contributed by atoms with van der Waals surface area (Å²) in [4.78, 5) is 2.40. The normalized spacial score (nSPS) is 22.0. The van der Waals surface area contributed by atoms with E-state index in [0.717, 1.165) is 32.5 Å². The van der Waals surface area contributed by atoms with Crippen LogP contribution in [0.25, 0.3) is 0 Å². The molecule has 1 aliphatic rings. The van der Waals surface area contributed by atoms with Crippen molar-refractivity contribution in [1.29, 1.82) is 0 Å². The van der Waals surface area contributed by atoms with Gasteiger partial charge in [-0.05, 0) is 32.3 Å². The maximum Gasteiger partial charge on any atom is 0.0710 e. The van der Waals surface area contributed by atoms with Crippen molar-refractivity contribution in [3.05, 3.63) is 35.9 Å². The van der Waals surface area contributed by atoms with Crippen LogP contribution in [0.5, 0.6) is 0 Å². The molecule has 106 valence electrons. The van der Waals surface area contributed by atoms with Gasteiger partial charge < -0.3 is 4.74 Å². The summed E-state index contributed by atoms with van der Waals surface area (Å²) in [6, 6.07) is 10.6. The zero-order valence-corrected chi connectivity index (χ0v) is 12.7. The van der Waals surface area contributed by atoms with Gasteiger partial charge in [-0.2, -0.15) is 0 Å². The summed E-state index contributed by atoms with van der Waals surface area (Å²) in [6.07, 6.45) is 2.65. The third kappa shape index (κ3) is 4.79. The van der Waals surface area contributed by atoms with Crippen molar-refractivity contribution in [2.75, 3.05) is 19.0 Å². The quantitative estimate of drug-likeness (QED) is 0.738. The molecule has 0 saturated carbocycles. The number of ether oxygens (including phenoxy) is 1. The number of rotatable bonds is 6. The third-order valence-corrected chi connectivity index (χ3v) is 3.83. The van der Waals surface area contributed by atoms with Crippen molar-refractivity contribution in [2.24, 2.45) is 0 Å². The summed E-state index contributed by atoms with van der Waals surface area (Å²) >= 11 is 5.92. The number of nitrogens with zero attached hydrogens (tertiary/aromatic N) is 1. The molecule has 0 bridgehead atoms. The molecule has 1 heterocycles. The van der Waals surface area contributed by atoms with Gasteiger partial charge in [-0.1, -0.05) is 30.3 Å². The molecule has 1 unspecified atom stereocenters. The topological polar surface area (TPSA) is 12.5 Å². The van der Waals surface area contributed by atoms with Crippen LogP contribution in [0.15, 0.2) is 30.3 Å². The van der Waals surface area contributed by atoms with Crippen LogP contribution in [0.1, 0.15) is 32.3 Å². The molecule has 0 amide bonds. The molecule has 0 spiro atoms. The van der Waals surface area contributed by atoms with Crippen molar-refractivity contribution >= 4 is 11.6 Å². The fraction of sp³-hybridized carbons (Fsp3) is 0.625. The Morgan fingerprint density at radius 3 is 2.63 bits per heavy atom. The van der Waals surface area contributed by atoms with Crippen molar-refractivity contribution in [2.45, 2.75) is 44.9 Å². The Kier molecular flexibility index (Phi) is 5.26. The summed E-state index contributed by atoms with van der Waals surface area (Å²) in [5.74, 6) is 0.670. The van der Waals surface area contributed by atoms with Crippen LogP contribution in [0, 0.1) is 0 Å². The minimum absolute atomic E-state index is 0.0457. The third-order valence-electron chi connectivity index (χ3n) is 3.67. The van der Waals surface area contributed by atoms with Crippen LogP contribution in [0.3, 0.4) is 0 Å². The SMILES string of the molecule is CC1(C)CCC(CN(CCCl)Cc2ccccc2)O1. The largest absolute Gasteiger partial charge is 0.371 e. The Labute approximate surface area is 121 Å². The summed E-state index contributed by atoms with van der Waals surface area (Å²) in [5, 5.41) is 0. The zero-order valence-electron chi connectivity index (χ0n) is 11.9. The summed E-state index contributed by atoms with van der Waals surface area (Å²) in [5.41, 5.74) is 1.38. The second kappa shape index (κ2) is 6.74. The van der Waals surface area contributed by atoms with Gasteiger partial charge in [-0.3, -0.25) is 4.90 Å². The molecule has 1 aromatic carbocycles. The van der Waals surface area contributed by atoms with Crippen LogP contribution in [0.2, 0.25) is 0 Å². The Balaban J connectivity index is 1.89. The molecular formula is C16H24ClNO. The fourth-order valence-corrected chi connectivity index (χ4v) is 2.93. The predicted molar refractivity (Wildman–Crippen MR) is 80.6 cm³/mol. The van der Waals surface area contributed by atoms with Crippen LogP contribution >= 0.6 is 11.6 Å². The Morgan fingerprint density at radius 2 is 2.05 bits per heavy atom. The minimum Gasteiger partial charge on any atom is -0.371 e. The molecule has 19 heavy (non-hydrogen) atoms. The molecule has 1 saturated heterocycles. The lowest BCUT2D eigenvalue weighted by Crippen LogP contribution is -2.34. The van der Waals surface area contributed by atoms with Gasteiger partial charge in [0.1, 0.15) is 0 Å². The fourth-order valence-electron chi connectivity index (χ4n) is 2.69. The molecule has 3 heteroatoms. The smallest absolute Gasteiger partial charge is 0.0710 e. The van der Waals surface area contributed by atoms with Gasteiger partial charge in [0.15, 0.2) is 0 Å². The molecule has 1 aliphatic heterocycles. The summed E-state index contributed by atoms with van der Waals surface area (Å²) in [7, 11) is 0. The second-order valence-electron chi connectivity index (χ2n) is 5.95. The molecular weight excluding hydrogens is 258 g/mol. The molecule has 0 aliphatic carbocycles. The molecule has 2 rings (SSSR count). The lowest BCUT2D eigenvalue weighted by atomic mass is 10.1. The average molecular weight is 282 g/mol. The lowest BCUT2D eigenvalue weighted by Gasteiger charge is -2.26. The number of hydrogen-bond donors (Lipinski definition) is 0. The van der Waals surface area contributed by atoms with E-state index in [1.54, 1.807) is 0 Å². The van der Waals surface area contributed by atoms with Gasteiger partial charge in [-0.25, -0.2) is 0 Å². The van der Waals surface area contributed by atoms with Crippen molar-refractivity contribution in [3.8, 4) is 0 Å². The first-order valence-corrected chi connectivity index (χ1v) is 7.62. The van der Waals surface area contributed by atoms with Gasteiger partial charge in [-0.15, -0.1) is 11.6 Å². The van der Waals surface area contributed by atoms with E-state index < -0.39 is 0 Å². The Morgan fingerprint density at radius 1 is 1.32 bits per heavy atom. The monoisotopic (exact) mass is 281 g/mol. The summed E-state index contributed by atoms with van der Waals surface area (Å²) in [6.45, 7) is 7.20. The first-order chi connectivity index (χ1) is 9.09. The maximum atomic E-state index is 6.08. The minimum atomic E-state index is 0.0457. The van der Waals surface area contributed by atoms with E-state index in [0.29, 0.717) is 12.0 Å². The molecule has 1 aromatic rings. The van der Waals surface area contributed by atoms with Crippen LogP contribution < -0.4 is 0 Å². The van der Waals surface area contributed by atoms with Gasteiger partial charge in [0, 0.05) is 25.5 Å². The van der Waals surface area contributed by atoms with Crippen molar-refractivity contribution < 1.29 is 4.74 Å². The van der Waals surface area contributed by atoms with Crippen LogP contribution in [0.4, 0.5) is 0 Å². The van der Waals surface area contributed by atoms with Gasteiger partial charge in [0.2, 0.25) is 0 Å². The molecule has 1 atom stereocenters. The first-order valence-electron chi connectivity index (χ1n) is 7.09. The van der Waals surface area contributed by atoms with E-state index in [4.69, 9.17) is 16.3 Å². The van der Waals surface area contributed by atoms with E-state index >= 15 is 0 Å². The van der Waals surface area contributed by atoms with E-state index in [-0.39, 0.29) is 5.60 Å². The number of hydrogen-bond acceptors (Lipinski definition) is 2. The van der Waals surface area contributed by atoms with E-state index in [1.807, 2.05) is 0 Å². The highest BCUT2D eigenvalue weighted by atomic mass is 35.5. The maximum absolute atomic E-state index is 6.08. The highest BCUT2D eigenvalue weighted by molar-refractivity contribution is 6.18. The highest BCUT2D eigenvalue weighted by Gasteiger charge is 2.32. The van der Waals surface area contributed by atoms with Crippen molar-refractivity contribution in [1.82, 2.24) is 4.90 Å². The van der Waals surface area contributed by atoms with E-state index in [9.17, 15) is 0 Å². The van der Waals surface area contributed by atoms with Gasteiger partial charge in [0.05, 0.1) is 11.7 Å². The Bertz CT molecular complexity index is 380. The van der Waals surface area contributed by atoms with E-state index in [2.05, 4.69) is 49.1 Å². The molecule has 0 N–H and O–H groups in total. The second-order valence-corrected chi connectivity index (χ2v) is 6.33. The Hall–Kier alpha value is -0.570. The van der Waals surface area contributed by atoms with Crippen LogP contribution in [-0.2, 0) is 11.3 Å². The van der Waals surface area contributed by atoms with Crippen LogP contribution in [-0.4, -0.2) is 35.6 Å². The summed E-state index contributed by atoms with van der Waals surface area (Å²) < 4.78 is 6.08. The van der Waals surface area contributed by atoms with Crippen molar-refractivity contribution in [3.63, 3.8) is 0 Å². The van der Waals surface area contributed by atoms with E-state index in [1.165, 1.54) is 5.56 Å². The van der Waals surface area contributed by atoms with Gasteiger partial charge in [0.25, 0.3) is 0 Å². The number of halogens is 1. The molecule has 0 aromatic heterocycles. The number of benzene rings is 1. The predicted octanol–water partition coefficient (Wildman–Crippen LogP) is 3.69. The highest BCUT2D eigenvalue weighted by Crippen LogP contribution is 2.29. The van der Waals surface area contributed by atoms with Gasteiger partial charge >= 0.3 is 0 Å². The number of alkyl halides is 1. The lowest BCUT2D eigenvalue weighted by molar-refractivity contribution is -0.0289. The molecule has 1 fully saturated rings. The average Bonchev–Trinajstić information content (AvgIpc) is 2.70.